The minimum atomic E-state index is 0.471. The average molecular weight is 232 g/mol. The first-order valence-electron chi connectivity index (χ1n) is 6.20. The number of anilines is 1. The first-order valence-corrected chi connectivity index (χ1v) is 6.20. The summed E-state index contributed by atoms with van der Waals surface area (Å²) in [6.07, 6.45) is 9.17. The number of nitrogens with one attached hydrogen (secondary N) is 1. The van der Waals surface area contributed by atoms with E-state index in [9.17, 15) is 0 Å². The highest BCUT2D eigenvalue weighted by Crippen LogP contribution is 2.13. The zero-order valence-electron chi connectivity index (χ0n) is 10.6. The van der Waals surface area contributed by atoms with Crippen molar-refractivity contribution in [3.63, 3.8) is 0 Å². The Morgan fingerprint density at radius 3 is 2.94 bits per heavy atom. The summed E-state index contributed by atoms with van der Waals surface area (Å²) in [7, 11) is 0. The summed E-state index contributed by atoms with van der Waals surface area (Å²) in [5.74, 6) is 0.984. The van der Waals surface area contributed by atoms with Gasteiger partial charge in [-0.2, -0.15) is 0 Å². The second kappa shape index (κ2) is 5.77. The molecule has 1 N–H and O–H groups in total. The molecule has 0 spiro atoms. The quantitative estimate of drug-likeness (QED) is 0.803. The Kier molecular flexibility index (Phi) is 4.09. The Bertz CT molecular complexity index is 387. The van der Waals surface area contributed by atoms with Gasteiger partial charge in [0.05, 0.1) is 11.9 Å². The van der Waals surface area contributed by atoms with Crippen LogP contribution >= 0.6 is 0 Å². The van der Waals surface area contributed by atoms with Gasteiger partial charge in [-0.1, -0.05) is 26.0 Å². The van der Waals surface area contributed by atoms with Crippen molar-refractivity contribution in [2.45, 2.75) is 32.9 Å². The maximum atomic E-state index is 4.64. The molecular weight excluding hydrogens is 212 g/mol. The third kappa shape index (κ3) is 3.53. The Morgan fingerprint density at radius 1 is 1.35 bits per heavy atom. The predicted molar refractivity (Wildman–Crippen MR) is 70.0 cm³/mol. The molecule has 2 heterocycles. The van der Waals surface area contributed by atoms with Crippen molar-refractivity contribution in [1.29, 1.82) is 0 Å². The fraction of sp³-hybridized carbons (Fsp3) is 0.538. The Hall–Kier alpha value is -1.42. The van der Waals surface area contributed by atoms with Crippen LogP contribution in [0.4, 0.5) is 5.82 Å². The van der Waals surface area contributed by atoms with Crippen molar-refractivity contribution in [2.75, 3.05) is 18.0 Å². The molecule has 0 radical (unpaired) electrons. The molecule has 92 valence electrons. The zero-order valence-corrected chi connectivity index (χ0v) is 10.6. The van der Waals surface area contributed by atoms with E-state index in [-0.39, 0.29) is 0 Å². The van der Waals surface area contributed by atoms with Crippen LogP contribution in [0.5, 0.6) is 0 Å². The van der Waals surface area contributed by atoms with Crippen LogP contribution < -0.4 is 10.2 Å². The van der Waals surface area contributed by atoms with Crippen molar-refractivity contribution in [2.24, 2.45) is 0 Å². The molecule has 0 saturated carbocycles. The van der Waals surface area contributed by atoms with Gasteiger partial charge < -0.3 is 10.2 Å². The third-order valence-corrected chi connectivity index (χ3v) is 2.75. The van der Waals surface area contributed by atoms with Crippen molar-refractivity contribution >= 4 is 5.82 Å². The first-order chi connectivity index (χ1) is 8.25. The summed E-state index contributed by atoms with van der Waals surface area (Å²) in [6, 6.07) is 0.471. The fourth-order valence-electron chi connectivity index (χ4n) is 1.79. The Morgan fingerprint density at radius 2 is 2.24 bits per heavy atom. The predicted octanol–water partition coefficient (Wildman–Crippen LogP) is 1.74. The molecule has 0 unspecified atom stereocenters. The number of hydrogen-bond donors (Lipinski definition) is 1. The summed E-state index contributed by atoms with van der Waals surface area (Å²) < 4.78 is 0. The van der Waals surface area contributed by atoms with Crippen LogP contribution in [0.25, 0.3) is 0 Å². The van der Waals surface area contributed by atoms with Gasteiger partial charge in [0.15, 0.2) is 0 Å². The van der Waals surface area contributed by atoms with Crippen molar-refractivity contribution in [3.8, 4) is 0 Å². The van der Waals surface area contributed by atoms with Gasteiger partial charge in [-0.15, -0.1) is 0 Å². The molecule has 4 nitrogen and oxygen atoms in total. The number of nitrogens with zero attached hydrogens (tertiary/aromatic N) is 3. The smallest absolute Gasteiger partial charge is 0.147 e. The molecular formula is C13H20N4. The molecule has 2 rings (SSSR count). The van der Waals surface area contributed by atoms with E-state index in [1.807, 2.05) is 12.4 Å². The standard InChI is InChI=1S/C13H20N4/c1-11(2)15-9-12-8-14-10-13(16-12)17-6-4-3-5-7-17/h3-4,8,10-11,15H,5-7,9H2,1-2H3. The van der Waals surface area contributed by atoms with E-state index in [0.29, 0.717) is 6.04 Å². The molecule has 1 aromatic rings. The molecule has 0 fully saturated rings. The SMILES string of the molecule is CC(C)NCc1cncc(N2CC=CCC2)n1. The zero-order chi connectivity index (χ0) is 12.1. The lowest BCUT2D eigenvalue weighted by molar-refractivity contribution is 0.579. The van der Waals surface area contributed by atoms with Crippen molar-refractivity contribution in [3.05, 3.63) is 30.2 Å². The summed E-state index contributed by atoms with van der Waals surface area (Å²) in [5.41, 5.74) is 1.01. The van der Waals surface area contributed by atoms with Crippen LogP contribution in [0, 0.1) is 0 Å². The molecule has 0 aromatic carbocycles. The van der Waals surface area contributed by atoms with E-state index in [1.165, 1.54) is 0 Å². The minimum absolute atomic E-state index is 0.471. The first kappa shape index (κ1) is 12.0. The van der Waals surface area contributed by atoms with E-state index in [1.54, 1.807) is 0 Å². The monoisotopic (exact) mass is 232 g/mol. The normalized spacial score (nSPS) is 15.6. The minimum Gasteiger partial charge on any atom is -0.351 e. The highest BCUT2D eigenvalue weighted by Gasteiger charge is 2.09. The molecule has 1 aromatic heterocycles. The van der Waals surface area contributed by atoms with E-state index >= 15 is 0 Å². The highest BCUT2D eigenvalue weighted by atomic mass is 15.2. The fourth-order valence-corrected chi connectivity index (χ4v) is 1.79. The molecule has 4 heteroatoms. The van der Waals surface area contributed by atoms with Gasteiger partial charge in [0.25, 0.3) is 0 Å². The Labute approximate surface area is 103 Å². The van der Waals surface area contributed by atoms with Gasteiger partial charge in [-0.25, -0.2) is 4.98 Å². The van der Waals surface area contributed by atoms with Gasteiger partial charge in [0.2, 0.25) is 0 Å². The summed E-state index contributed by atoms with van der Waals surface area (Å²) in [6.45, 7) is 7.02. The maximum Gasteiger partial charge on any atom is 0.147 e. The Balaban J connectivity index is 2.03. The molecule has 1 aliphatic rings. The lowest BCUT2D eigenvalue weighted by Gasteiger charge is -2.24. The van der Waals surface area contributed by atoms with Crippen molar-refractivity contribution in [1.82, 2.24) is 15.3 Å². The largest absolute Gasteiger partial charge is 0.351 e. The second-order valence-electron chi connectivity index (χ2n) is 4.61. The van der Waals surface area contributed by atoms with E-state index in [4.69, 9.17) is 0 Å². The lowest BCUT2D eigenvalue weighted by Crippen LogP contribution is -2.28. The van der Waals surface area contributed by atoms with Gasteiger partial charge in [0.1, 0.15) is 5.82 Å². The van der Waals surface area contributed by atoms with Gasteiger partial charge in [-0.05, 0) is 6.42 Å². The van der Waals surface area contributed by atoms with E-state index in [0.717, 1.165) is 37.6 Å². The molecule has 0 atom stereocenters. The van der Waals surface area contributed by atoms with Crippen LogP contribution in [0.15, 0.2) is 24.5 Å². The molecule has 17 heavy (non-hydrogen) atoms. The van der Waals surface area contributed by atoms with Crippen LogP contribution in [-0.4, -0.2) is 29.1 Å². The van der Waals surface area contributed by atoms with Crippen LogP contribution in [-0.2, 0) is 6.54 Å². The van der Waals surface area contributed by atoms with Crippen molar-refractivity contribution < 1.29 is 0 Å². The van der Waals surface area contributed by atoms with Gasteiger partial charge in [-0.3, -0.25) is 4.98 Å². The topological polar surface area (TPSA) is 41.1 Å². The summed E-state index contributed by atoms with van der Waals surface area (Å²) in [5, 5.41) is 3.36. The number of aromatic nitrogens is 2. The van der Waals surface area contributed by atoms with Gasteiger partial charge >= 0.3 is 0 Å². The molecule has 0 bridgehead atoms. The molecule has 1 aliphatic heterocycles. The summed E-state index contributed by atoms with van der Waals surface area (Å²) >= 11 is 0. The second-order valence-corrected chi connectivity index (χ2v) is 4.61. The molecule has 0 amide bonds. The van der Waals surface area contributed by atoms with E-state index < -0.39 is 0 Å². The summed E-state index contributed by atoms with van der Waals surface area (Å²) in [4.78, 5) is 11.2. The van der Waals surface area contributed by atoms with Crippen LogP contribution in [0.2, 0.25) is 0 Å². The average Bonchev–Trinajstić information content (AvgIpc) is 2.38. The number of rotatable bonds is 4. The molecule has 0 aliphatic carbocycles. The highest BCUT2D eigenvalue weighted by molar-refractivity contribution is 5.38. The molecule has 0 saturated heterocycles. The maximum absolute atomic E-state index is 4.64. The van der Waals surface area contributed by atoms with Gasteiger partial charge in [0, 0.05) is 31.9 Å². The number of hydrogen-bond acceptors (Lipinski definition) is 4. The van der Waals surface area contributed by atoms with Crippen LogP contribution in [0.1, 0.15) is 26.0 Å². The lowest BCUT2D eigenvalue weighted by atomic mass is 10.2. The third-order valence-electron chi connectivity index (χ3n) is 2.75. The van der Waals surface area contributed by atoms with E-state index in [2.05, 4.69) is 46.2 Å². The van der Waals surface area contributed by atoms with Crippen LogP contribution in [0.3, 0.4) is 0 Å².